The van der Waals surface area contributed by atoms with Gasteiger partial charge < -0.3 is 38.8 Å². The number of aliphatic hydroxyl groups is 1. The van der Waals surface area contributed by atoms with Crippen LogP contribution >= 0.6 is 23.4 Å². The van der Waals surface area contributed by atoms with Crippen LogP contribution in [0.5, 0.6) is 5.75 Å². The molecule has 10 rings (SSSR count). The zero-order valence-electron chi connectivity index (χ0n) is 39.7. The number of H-pyrrole nitrogens is 1. The molecule has 1 aliphatic carbocycles. The van der Waals surface area contributed by atoms with Gasteiger partial charge in [-0.1, -0.05) is 56.2 Å². The average molecular weight is 952 g/mol. The van der Waals surface area contributed by atoms with Gasteiger partial charge >= 0.3 is 17.9 Å². The molecule has 2 N–H and O–H groups in total. The highest BCUT2D eigenvalue weighted by molar-refractivity contribution is 7.98. The Balaban J connectivity index is 1.23. The van der Waals surface area contributed by atoms with Crippen LogP contribution in [0.4, 0.5) is 5.69 Å². The van der Waals surface area contributed by atoms with Gasteiger partial charge in [-0.15, -0.1) is 11.8 Å². The quantitative estimate of drug-likeness (QED) is 0.0695. The minimum Gasteiger partial charge on any atom is -0.496 e. The van der Waals surface area contributed by atoms with Crippen LogP contribution in [-0.4, -0.2) is 123 Å². The molecule has 0 radical (unpaired) electrons. The maximum absolute atomic E-state index is 15.6. The highest BCUT2D eigenvalue weighted by atomic mass is 35.5. The van der Waals surface area contributed by atoms with E-state index in [2.05, 4.69) is 70.3 Å². The van der Waals surface area contributed by atoms with E-state index in [4.69, 9.17) is 30.5 Å². The Kier molecular flexibility index (Phi) is 11.8. The lowest BCUT2D eigenvalue weighted by Crippen LogP contribution is -2.81. The van der Waals surface area contributed by atoms with Crippen molar-refractivity contribution in [1.29, 1.82) is 0 Å². The fourth-order valence-corrected chi connectivity index (χ4v) is 15.4. The molecule has 1 spiro atoms. The van der Waals surface area contributed by atoms with Crippen molar-refractivity contribution in [2.75, 3.05) is 66.0 Å². The Morgan fingerprint density at radius 1 is 0.955 bits per heavy atom. The number of aromatic nitrogens is 1. The summed E-state index contributed by atoms with van der Waals surface area (Å²) in [7, 11) is 6.30. The summed E-state index contributed by atoms with van der Waals surface area (Å²) >= 11 is 7.99. The summed E-state index contributed by atoms with van der Waals surface area (Å²) in [4.78, 5) is 55.3. The molecule has 5 unspecified atom stereocenters. The number of halogens is 1. The van der Waals surface area contributed by atoms with E-state index in [9.17, 15) is 14.7 Å². The zero-order chi connectivity index (χ0) is 47.2. The van der Waals surface area contributed by atoms with E-state index in [0.29, 0.717) is 54.6 Å². The van der Waals surface area contributed by atoms with Crippen LogP contribution in [0.3, 0.4) is 0 Å². The number of piperidine rings is 1. The highest BCUT2D eigenvalue weighted by Gasteiger charge is 2.80. The van der Waals surface area contributed by atoms with E-state index in [-0.39, 0.29) is 17.9 Å². The number of methoxy groups -OCH3 is 3. The monoisotopic (exact) mass is 950 g/mol. The van der Waals surface area contributed by atoms with Gasteiger partial charge in [0.2, 0.25) is 5.60 Å². The molecular formula is C53H63ClN4O8S. The van der Waals surface area contributed by atoms with Crippen LogP contribution < -0.4 is 9.64 Å². The third-order valence-electron chi connectivity index (χ3n) is 16.9. The van der Waals surface area contributed by atoms with Crippen LogP contribution in [0.2, 0.25) is 5.02 Å². The van der Waals surface area contributed by atoms with Gasteiger partial charge in [0.1, 0.15) is 11.2 Å². The number of carbonyl (C=O) groups excluding carboxylic acids is 3. The van der Waals surface area contributed by atoms with E-state index in [1.807, 2.05) is 37.1 Å². The fourth-order valence-electron chi connectivity index (χ4n) is 14.3. The predicted octanol–water partition coefficient (Wildman–Crippen LogP) is 7.82. The van der Waals surface area contributed by atoms with Gasteiger partial charge in [0.15, 0.2) is 6.10 Å². The normalized spacial score (nSPS) is 32.8. The van der Waals surface area contributed by atoms with E-state index in [0.717, 1.165) is 83.0 Å². The molecule has 67 heavy (non-hydrogen) atoms. The van der Waals surface area contributed by atoms with Crippen LogP contribution in [0, 0.1) is 17.3 Å². The minimum absolute atomic E-state index is 0.147. The number of anilines is 1. The molecule has 1 saturated carbocycles. The van der Waals surface area contributed by atoms with Crippen molar-refractivity contribution in [3.8, 4) is 5.75 Å². The lowest BCUT2D eigenvalue weighted by Gasteiger charge is -2.63. The number of hydrogen-bond acceptors (Lipinski definition) is 12. The van der Waals surface area contributed by atoms with Crippen LogP contribution in [0.1, 0.15) is 80.8 Å². The fraction of sp³-hybridized carbons (Fsp3) is 0.528. The van der Waals surface area contributed by atoms with E-state index in [1.54, 1.807) is 18.9 Å². The largest absolute Gasteiger partial charge is 0.496 e. The summed E-state index contributed by atoms with van der Waals surface area (Å²) in [5.74, 6) is 0.0839. The molecule has 356 valence electrons. The molecular weight excluding hydrogens is 888 g/mol. The summed E-state index contributed by atoms with van der Waals surface area (Å²) in [6.45, 7) is 9.68. The zero-order valence-corrected chi connectivity index (χ0v) is 41.2. The summed E-state index contributed by atoms with van der Waals surface area (Å²) in [6.07, 6.45) is 7.17. The van der Waals surface area contributed by atoms with Gasteiger partial charge in [-0.05, 0) is 104 Å². The standard InChI is InChI=1S/C53H63ClN4O8S/c1-8-32-23-34-27-52(48(60)64-6,44-37(17-21-57(28-32)29-34)38-24-36(15-16-41(38)55-44)67-30-33-11-13-35(54)14-12-33)40-25-39-42(26-43(40)63-5)56(4)46-51(39)19-22-58-20-10-18-50(9-2,45(51)58)47(66-31(3)59)53(46,62)49(61)65-7/h10-16,18,24-26,32,34,45-47,55,62H,8-9,17,19-23,27-30H2,1-7H3/t32?,34?,45?,46?,47-,50-,51-,52+,53+/m1/s1. The van der Waals surface area contributed by atoms with Crippen molar-refractivity contribution in [3.05, 3.63) is 99.7 Å². The Morgan fingerprint density at radius 2 is 1.73 bits per heavy atom. The number of nitrogens with one attached hydrogen (secondary N) is 1. The molecule has 10 atom stereocenters. The molecule has 1 aromatic heterocycles. The van der Waals surface area contributed by atoms with E-state index in [1.165, 1.54) is 26.7 Å². The van der Waals surface area contributed by atoms with Crippen LogP contribution in [0.25, 0.3) is 10.9 Å². The lowest BCUT2D eigenvalue weighted by atomic mass is 9.47. The topological polar surface area (TPSA) is 134 Å². The minimum atomic E-state index is -2.29. The number of nitrogens with zero attached hydrogens (tertiary/aromatic N) is 3. The Morgan fingerprint density at radius 3 is 2.43 bits per heavy atom. The second-order valence-corrected chi connectivity index (χ2v) is 21.5. The first-order valence-electron chi connectivity index (χ1n) is 23.9. The molecule has 5 aliphatic heterocycles. The summed E-state index contributed by atoms with van der Waals surface area (Å²) < 4.78 is 24.3. The van der Waals surface area contributed by atoms with Crippen molar-refractivity contribution in [1.82, 2.24) is 14.8 Å². The molecule has 2 bridgehead atoms. The number of rotatable bonds is 10. The maximum Gasteiger partial charge on any atom is 0.344 e. The Bertz CT molecular complexity index is 2660. The second kappa shape index (κ2) is 17.2. The third-order valence-corrected chi connectivity index (χ3v) is 18.2. The van der Waals surface area contributed by atoms with Crippen molar-refractivity contribution >= 4 is 57.9 Å². The van der Waals surface area contributed by atoms with Gasteiger partial charge in [0, 0.05) is 107 Å². The third kappa shape index (κ3) is 6.75. The average Bonchev–Trinajstić information content (AvgIpc) is 3.99. The number of thioether (sulfide) groups is 1. The van der Waals surface area contributed by atoms with Crippen molar-refractivity contribution in [3.63, 3.8) is 0 Å². The molecule has 14 heteroatoms. The second-order valence-electron chi connectivity index (χ2n) is 20.0. The predicted molar refractivity (Wildman–Crippen MR) is 260 cm³/mol. The summed E-state index contributed by atoms with van der Waals surface area (Å²) in [6, 6.07) is 17.5. The first-order chi connectivity index (χ1) is 32.2. The number of hydrogen-bond donors (Lipinski definition) is 2. The van der Waals surface area contributed by atoms with Crippen molar-refractivity contribution < 1.29 is 38.4 Å². The lowest BCUT2D eigenvalue weighted by molar-refractivity contribution is -0.228. The number of ether oxygens (including phenoxy) is 4. The van der Waals surface area contributed by atoms with Crippen LogP contribution in [0.15, 0.2) is 71.6 Å². The van der Waals surface area contributed by atoms with E-state index >= 15 is 4.79 Å². The molecule has 2 saturated heterocycles. The van der Waals surface area contributed by atoms with Gasteiger partial charge in [-0.3, -0.25) is 14.5 Å². The molecule has 12 nitrogen and oxygen atoms in total. The Hall–Kier alpha value is -4.53. The van der Waals surface area contributed by atoms with Crippen molar-refractivity contribution in [2.24, 2.45) is 17.3 Å². The Labute approximate surface area is 402 Å². The van der Waals surface area contributed by atoms with Gasteiger partial charge in [-0.2, -0.15) is 0 Å². The molecule has 4 aromatic rings. The SMILES string of the molecule is CCC1CC2CN(CCc3c([nH]c4ccc(SCc5ccc(Cl)cc5)cc34)[C@@](C(=O)OC)(c3cc4c(cc3OC)N(C)C3[C@]45CCN4CC=C[C@](CC)(C45)[C@@H](OC(C)=O)[C@]3(O)C(=O)OC)C2)C1. The van der Waals surface area contributed by atoms with Gasteiger partial charge in [-0.25, -0.2) is 4.79 Å². The maximum atomic E-state index is 15.6. The number of carbonyl (C=O) groups is 3. The highest BCUT2D eigenvalue weighted by Crippen LogP contribution is 2.68. The van der Waals surface area contributed by atoms with Gasteiger partial charge in [0.05, 0.1) is 27.4 Å². The number of fused-ring (bicyclic) bond motifs is 6. The number of esters is 3. The number of likely N-dealkylation sites (N-methyl/N-ethyl adjacent to an activating group) is 1. The number of aromatic amines is 1. The summed E-state index contributed by atoms with van der Waals surface area (Å²) in [5, 5.41) is 15.2. The molecule has 3 fully saturated rings. The van der Waals surface area contributed by atoms with Crippen molar-refractivity contribution in [2.45, 2.75) is 105 Å². The van der Waals surface area contributed by atoms with Gasteiger partial charge in [0.25, 0.3) is 0 Å². The molecule has 6 aliphatic rings. The van der Waals surface area contributed by atoms with Crippen LogP contribution in [-0.2, 0) is 51.6 Å². The first kappa shape index (κ1) is 46.2. The smallest absolute Gasteiger partial charge is 0.344 e. The first-order valence-corrected chi connectivity index (χ1v) is 25.3. The summed E-state index contributed by atoms with van der Waals surface area (Å²) in [5.41, 5.74) is 0.882. The molecule has 3 aromatic carbocycles. The van der Waals surface area contributed by atoms with E-state index < -0.39 is 45.9 Å². The molecule has 6 heterocycles. The molecule has 0 amide bonds. The number of benzene rings is 3.